The molecule has 3 heterocycles. The fourth-order valence-corrected chi connectivity index (χ4v) is 3.10. The number of nitrogens with one attached hydrogen (secondary N) is 1. The Balaban J connectivity index is 1.76. The minimum absolute atomic E-state index is 0.126. The van der Waals surface area contributed by atoms with Crippen molar-refractivity contribution in [3.8, 4) is 0 Å². The van der Waals surface area contributed by atoms with Crippen molar-refractivity contribution in [2.75, 3.05) is 25.1 Å². The van der Waals surface area contributed by atoms with Crippen LogP contribution in [0.5, 0.6) is 0 Å². The Hall–Kier alpha value is -1.99. The van der Waals surface area contributed by atoms with E-state index in [1.807, 2.05) is 12.3 Å². The maximum atomic E-state index is 12.5. The van der Waals surface area contributed by atoms with Gasteiger partial charge in [0.2, 0.25) is 0 Å². The molecule has 7 heteroatoms. The second-order valence-electron chi connectivity index (χ2n) is 4.78. The molecule has 0 bridgehead atoms. The van der Waals surface area contributed by atoms with Crippen LogP contribution in [0.15, 0.2) is 29.9 Å². The summed E-state index contributed by atoms with van der Waals surface area (Å²) in [7, 11) is 0. The molecular weight excluding hydrogens is 288 g/mol. The Morgan fingerprint density at radius 3 is 3.00 bits per heavy atom. The van der Waals surface area contributed by atoms with E-state index in [0.717, 1.165) is 16.4 Å². The van der Waals surface area contributed by atoms with Gasteiger partial charge in [-0.05, 0) is 19.1 Å². The number of anilines is 1. The van der Waals surface area contributed by atoms with Crippen LogP contribution in [-0.4, -0.2) is 40.7 Å². The number of morpholine rings is 1. The normalized spacial score (nSPS) is 18.5. The van der Waals surface area contributed by atoms with Crippen molar-refractivity contribution in [3.63, 3.8) is 0 Å². The number of nitrogens with zero attached hydrogens (tertiary/aromatic N) is 3. The van der Waals surface area contributed by atoms with Gasteiger partial charge in [-0.25, -0.2) is 9.78 Å². The second-order valence-corrected chi connectivity index (χ2v) is 5.67. The van der Waals surface area contributed by atoms with Crippen molar-refractivity contribution in [2.24, 2.45) is 0 Å². The topological polar surface area (TPSA) is 67.3 Å². The summed E-state index contributed by atoms with van der Waals surface area (Å²) in [4.78, 5) is 22.7. The number of aromatic nitrogens is 2. The van der Waals surface area contributed by atoms with E-state index in [-0.39, 0.29) is 12.1 Å². The molecule has 2 amide bonds. The number of amides is 2. The molecule has 2 aromatic heterocycles. The lowest BCUT2D eigenvalue weighted by Crippen LogP contribution is -2.45. The number of ether oxygens (including phenoxy) is 1. The predicted molar refractivity (Wildman–Crippen MR) is 80.4 cm³/mol. The second kappa shape index (κ2) is 6.19. The van der Waals surface area contributed by atoms with Crippen LogP contribution in [0, 0.1) is 6.92 Å². The third-order valence-electron chi connectivity index (χ3n) is 3.24. The van der Waals surface area contributed by atoms with Crippen LogP contribution in [0.3, 0.4) is 0 Å². The molecule has 110 valence electrons. The smallest absolute Gasteiger partial charge is 0.322 e. The molecular formula is C14H16N4O2S. The van der Waals surface area contributed by atoms with Crippen molar-refractivity contribution < 1.29 is 9.53 Å². The maximum absolute atomic E-state index is 12.5. The van der Waals surface area contributed by atoms with Gasteiger partial charge < -0.3 is 15.0 Å². The molecule has 1 unspecified atom stereocenters. The van der Waals surface area contributed by atoms with Crippen LogP contribution in [0.1, 0.15) is 16.7 Å². The van der Waals surface area contributed by atoms with Crippen molar-refractivity contribution in [2.45, 2.75) is 13.0 Å². The summed E-state index contributed by atoms with van der Waals surface area (Å²) < 4.78 is 5.51. The summed E-state index contributed by atoms with van der Waals surface area (Å²) in [5, 5.41) is 5.79. The van der Waals surface area contributed by atoms with Gasteiger partial charge in [0, 0.05) is 35.7 Å². The van der Waals surface area contributed by atoms with E-state index in [2.05, 4.69) is 15.3 Å². The molecule has 1 N–H and O–H groups in total. The summed E-state index contributed by atoms with van der Waals surface area (Å²) >= 11 is 1.56. The molecule has 1 atom stereocenters. The van der Waals surface area contributed by atoms with Gasteiger partial charge in [-0.1, -0.05) is 0 Å². The molecule has 0 aliphatic carbocycles. The van der Waals surface area contributed by atoms with E-state index < -0.39 is 0 Å². The fourth-order valence-electron chi connectivity index (χ4n) is 2.21. The van der Waals surface area contributed by atoms with Gasteiger partial charge >= 0.3 is 6.03 Å². The van der Waals surface area contributed by atoms with Gasteiger partial charge in [0.15, 0.2) is 0 Å². The van der Waals surface area contributed by atoms with E-state index in [0.29, 0.717) is 19.8 Å². The van der Waals surface area contributed by atoms with Gasteiger partial charge in [-0.2, -0.15) is 0 Å². The summed E-state index contributed by atoms with van der Waals surface area (Å²) in [5.74, 6) is 0. The van der Waals surface area contributed by atoms with Crippen LogP contribution in [0.2, 0.25) is 0 Å². The average Bonchev–Trinajstić information content (AvgIpc) is 2.95. The van der Waals surface area contributed by atoms with E-state index in [1.165, 1.54) is 0 Å². The summed E-state index contributed by atoms with van der Waals surface area (Å²) in [5.41, 5.74) is 1.70. The van der Waals surface area contributed by atoms with Crippen molar-refractivity contribution in [1.29, 1.82) is 0 Å². The number of carbonyl (C=O) groups is 1. The lowest BCUT2D eigenvalue weighted by atomic mass is 10.2. The average molecular weight is 304 g/mol. The largest absolute Gasteiger partial charge is 0.377 e. The third-order valence-corrected chi connectivity index (χ3v) is 4.31. The molecule has 0 spiro atoms. The van der Waals surface area contributed by atoms with Crippen LogP contribution >= 0.6 is 11.3 Å². The summed E-state index contributed by atoms with van der Waals surface area (Å²) in [6.07, 6.45) is 3.30. The monoisotopic (exact) mass is 304 g/mol. The Morgan fingerprint density at radius 2 is 2.29 bits per heavy atom. The van der Waals surface area contributed by atoms with Crippen LogP contribution in [0.25, 0.3) is 0 Å². The first-order valence-corrected chi connectivity index (χ1v) is 7.59. The SMILES string of the molecule is Cc1csc(C2COCCN2C(=O)Nc2ccncc2)n1. The quantitative estimate of drug-likeness (QED) is 0.925. The zero-order valence-electron chi connectivity index (χ0n) is 11.7. The van der Waals surface area contributed by atoms with Crippen molar-refractivity contribution in [3.05, 3.63) is 40.6 Å². The third kappa shape index (κ3) is 3.20. The Morgan fingerprint density at radius 1 is 1.48 bits per heavy atom. The molecule has 1 aliphatic heterocycles. The molecule has 3 rings (SSSR count). The van der Waals surface area contributed by atoms with Crippen molar-refractivity contribution >= 4 is 23.1 Å². The highest BCUT2D eigenvalue weighted by Crippen LogP contribution is 2.27. The number of hydrogen-bond donors (Lipinski definition) is 1. The van der Waals surface area contributed by atoms with E-state index in [4.69, 9.17) is 4.74 Å². The lowest BCUT2D eigenvalue weighted by Gasteiger charge is -2.34. The summed E-state index contributed by atoms with van der Waals surface area (Å²) in [6, 6.07) is 3.27. The first-order valence-electron chi connectivity index (χ1n) is 6.71. The summed E-state index contributed by atoms with van der Waals surface area (Å²) in [6.45, 7) is 3.53. The minimum atomic E-state index is -0.137. The number of urea groups is 1. The Bertz CT molecular complexity index is 616. The predicted octanol–water partition coefficient (Wildman–Crippen LogP) is 2.45. The maximum Gasteiger partial charge on any atom is 0.322 e. The van der Waals surface area contributed by atoms with Gasteiger partial charge in [0.1, 0.15) is 11.0 Å². The zero-order chi connectivity index (χ0) is 14.7. The number of thiazole rings is 1. The standard InChI is InChI=1S/C14H16N4O2S/c1-10-9-21-13(16-10)12-8-20-7-6-18(12)14(19)17-11-2-4-15-5-3-11/h2-5,9,12H,6-8H2,1H3,(H,15,17,19). The zero-order valence-corrected chi connectivity index (χ0v) is 12.5. The Labute approximate surface area is 126 Å². The van der Waals surface area contributed by atoms with Crippen molar-refractivity contribution in [1.82, 2.24) is 14.9 Å². The molecule has 0 saturated carbocycles. The highest BCUT2D eigenvalue weighted by Gasteiger charge is 2.30. The minimum Gasteiger partial charge on any atom is -0.377 e. The molecule has 1 aliphatic rings. The number of rotatable bonds is 2. The Kier molecular flexibility index (Phi) is 4.12. The number of aryl methyl sites for hydroxylation is 1. The molecule has 6 nitrogen and oxygen atoms in total. The number of carbonyl (C=O) groups excluding carboxylic acids is 1. The molecule has 21 heavy (non-hydrogen) atoms. The van der Waals surface area contributed by atoms with E-state index >= 15 is 0 Å². The van der Waals surface area contributed by atoms with Crippen LogP contribution in [0.4, 0.5) is 10.5 Å². The van der Waals surface area contributed by atoms with Crippen LogP contribution in [-0.2, 0) is 4.74 Å². The number of hydrogen-bond acceptors (Lipinski definition) is 5. The molecule has 0 aromatic carbocycles. The fraction of sp³-hybridized carbons (Fsp3) is 0.357. The molecule has 2 aromatic rings. The van der Waals surface area contributed by atoms with Gasteiger partial charge in [-0.15, -0.1) is 11.3 Å². The molecule has 1 fully saturated rings. The van der Waals surface area contributed by atoms with E-state index in [1.54, 1.807) is 40.8 Å². The molecule has 1 saturated heterocycles. The first-order chi connectivity index (χ1) is 10.2. The van der Waals surface area contributed by atoms with E-state index in [9.17, 15) is 4.79 Å². The van der Waals surface area contributed by atoms with Crippen LogP contribution < -0.4 is 5.32 Å². The van der Waals surface area contributed by atoms with Gasteiger partial charge in [0.25, 0.3) is 0 Å². The number of pyridine rings is 1. The van der Waals surface area contributed by atoms with Gasteiger partial charge in [-0.3, -0.25) is 4.98 Å². The highest BCUT2D eigenvalue weighted by atomic mass is 32.1. The highest BCUT2D eigenvalue weighted by molar-refractivity contribution is 7.09. The first kappa shape index (κ1) is 14.0. The van der Waals surface area contributed by atoms with Gasteiger partial charge in [0.05, 0.1) is 13.2 Å². The molecule has 0 radical (unpaired) electrons. The lowest BCUT2D eigenvalue weighted by molar-refractivity contribution is 0.0147.